The Balaban J connectivity index is 4.31. The maximum absolute atomic E-state index is 11.6. The number of rotatable bonds is 6. The Kier molecular flexibility index (Phi) is 6.11. The maximum Gasteiger partial charge on any atom is 0.326 e. The number of carbonyl (C=O) groups is 2. The summed E-state index contributed by atoms with van der Waals surface area (Å²) < 4.78 is 0. The number of carbonyl (C=O) groups excluding carboxylic acids is 1. The Morgan fingerprint density at radius 2 is 1.78 bits per heavy atom. The lowest BCUT2D eigenvalue weighted by Gasteiger charge is -2.32. The van der Waals surface area contributed by atoms with Gasteiger partial charge in [0, 0.05) is 12.1 Å². The number of nitrogens with zero attached hydrogens (tertiary/aromatic N) is 1. The van der Waals surface area contributed by atoms with Crippen LogP contribution < -0.4 is 10.6 Å². The number of urea groups is 1. The van der Waals surface area contributed by atoms with Gasteiger partial charge in [-0.15, -0.1) is 0 Å². The monoisotopic (exact) mass is 259 g/mol. The molecule has 0 rings (SSSR count). The third-order valence-corrected chi connectivity index (χ3v) is 3.11. The van der Waals surface area contributed by atoms with Crippen molar-refractivity contribution in [3.05, 3.63) is 0 Å². The highest BCUT2D eigenvalue weighted by molar-refractivity contribution is 5.82. The fourth-order valence-corrected chi connectivity index (χ4v) is 1.16. The van der Waals surface area contributed by atoms with Crippen molar-refractivity contribution in [2.75, 3.05) is 20.6 Å². The molecule has 3 N–H and O–H groups in total. The first-order valence-electron chi connectivity index (χ1n) is 6.02. The molecular weight excluding hydrogens is 234 g/mol. The summed E-state index contributed by atoms with van der Waals surface area (Å²) in [6.07, 6.45) is 0. The largest absolute Gasteiger partial charge is 0.480 e. The van der Waals surface area contributed by atoms with Crippen LogP contribution in [0.15, 0.2) is 0 Å². The standard InChI is InChI=1S/C12H25N3O3/c1-8(2)9(10(16)17)14-11(18)13-7-12(3,4)15(5)6/h8-9H,7H2,1-6H3,(H,16,17)(H2,13,14,18)/t9-/m1/s1. The van der Waals surface area contributed by atoms with Gasteiger partial charge in [-0.3, -0.25) is 0 Å². The lowest BCUT2D eigenvalue weighted by atomic mass is 10.0. The van der Waals surface area contributed by atoms with Crippen molar-refractivity contribution in [3.63, 3.8) is 0 Å². The fourth-order valence-electron chi connectivity index (χ4n) is 1.16. The molecule has 0 unspecified atom stereocenters. The quantitative estimate of drug-likeness (QED) is 0.657. The van der Waals surface area contributed by atoms with Gasteiger partial charge in [0.2, 0.25) is 0 Å². The number of hydrogen-bond donors (Lipinski definition) is 3. The molecule has 0 aliphatic carbocycles. The zero-order chi connectivity index (χ0) is 14.5. The summed E-state index contributed by atoms with van der Waals surface area (Å²) in [4.78, 5) is 24.6. The minimum atomic E-state index is -1.02. The van der Waals surface area contributed by atoms with Crippen molar-refractivity contribution in [2.45, 2.75) is 39.3 Å². The Bertz CT molecular complexity index is 301. The van der Waals surface area contributed by atoms with Crippen LogP contribution in [0, 0.1) is 5.92 Å². The lowest BCUT2D eigenvalue weighted by molar-refractivity contribution is -0.140. The normalized spacial score (nSPS) is 13.6. The predicted octanol–water partition coefficient (Wildman–Crippen LogP) is 0.735. The van der Waals surface area contributed by atoms with Crippen molar-refractivity contribution < 1.29 is 14.7 Å². The second-order valence-corrected chi connectivity index (χ2v) is 5.59. The number of hydrogen-bond acceptors (Lipinski definition) is 3. The Morgan fingerprint density at radius 3 is 2.11 bits per heavy atom. The molecule has 0 saturated heterocycles. The van der Waals surface area contributed by atoms with Crippen molar-refractivity contribution in [1.29, 1.82) is 0 Å². The van der Waals surface area contributed by atoms with E-state index in [0.29, 0.717) is 6.54 Å². The number of amides is 2. The molecule has 6 nitrogen and oxygen atoms in total. The van der Waals surface area contributed by atoms with Gasteiger partial charge in [-0.2, -0.15) is 0 Å². The van der Waals surface area contributed by atoms with Crippen LogP contribution in [0.2, 0.25) is 0 Å². The van der Waals surface area contributed by atoms with Gasteiger partial charge < -0.3 is 20.6 Å². The third kappa shape index (κ3) is 5.35. The Hall–Kier alpha value is -1.30. The van der Waals surface area contributed by atoms with E-state index in [9.17, 15) is 9.59 Å². The van der Waals surface area contributed by atoms with Crippen LogP contribution in [0.25, 0.3) is 0 Å². The van der Waals surface area contributed by atoms with E-state index in [4.69, 9.17) is 5.11 Å². The van der Waals surface area contributed by atoms with Crippen molar-refractivity contribution >= 4 is 12.0 Å². The second kappa shape index (κ2) is 6.58. The molecule has 2 amide bonds. The molecule has 18 heavy (non-hydrogen) atoms. The summed E-state index contributed by atoms with van der Waals surface area (Å²) in [5.41, 5.74) is -0.187. The van der Waals surface area contributed by atoms with E-state index in [1.165, 1.54) is 0 Å². The first-order chi connectivity index (χ1) is 8.08. The van der Waals surface area contributed by atoms with E-state index in [1.807, 2.05) is 32.8 Å². The third-order valence-electron chi connectivity index (χ3n) is 3.11. The number of nitrogens with one attached hydrogen (secondary N) is 2. The topological polar surface area (TPSA) is 81.7 Å². The van der Waals surface area contributed by atoms with Gasteiger partial charge in [0.05, 0.1) is 0 Å². The summed E-state index contributed by atoms with van der Waals surface area (Å²) in [6, 6.07) is -1.32. The van der Waals surface area contributed by atoms with Crippen LogP contribution in [0.5, 0.6) is 0 Å². The lowest BCUT2D eigenvalue weighted by Crippen LogP contribution is -2.53. The molecule has 0 saturated carbocycles. The Labute approximate surface area is 109 Å². The van der Waals surface area contributed by atoms with Gasteiger partial charge in [0.1, 0.15) is 6.04 Å². The van der Waals surface area contributed by atoms with E-state index < -0.39 is 18.0 Å². The average molecular weight is 259 g/mol. The molecule has 0 aromatic heterocycles. The summed E-state index contributed by atoms with van der Waals surface area (Å²) in [6.45, 7) is 7.93. The molecule has 1 atom stereocenters. The summed E-state index contributed by atoms with van der Waals surface area (Å²) in [5, 5.41) is 14.1. The average Bonchev–Trinajstić information content (AvgIpc) is 2.22. The van der Waals surface area contributed by atoms with E-state index in [0.717, 1.165) is 0 Å². The van der Waals surface area contributed by atoms with E-state index in [1.54, 1.807) is 13.8 Å². The first kappa shape index (κ1) is 16.7. The van der Waals surface area contributed by atoms with Crippen molar-refractivity contribution in [1.82, 2.24) is 15.5 Å². The van der Waals surface area contributed by atoms with Crippen LogP contribution in [-0.4, -0.2) is 54.2 Å². The summed E-state index contributed by atoms with van der Waals surface area (Å²) in [7, 11) is 3.85. The van der Waals surface area contributed by atoms with Gasteiger partial charge in [0.15, 0.2) is 0 Å². The number of aliphatic carboxylic acids is 1. The van der Waals surface area contributed by atoms with Crippen LogP contribution in [0.3, 0.4) is 0 Å². The van der Waals surface area contributed by atoms with Crippen LogP contribution in [0.4, 0.5) is 4.79 Å². The predicted molar refractivity (Wildman–Crippen MR) is 70.6 cm³/mol. The highest BCUT2D eigenvalue weighted by atomic mass is 16.4. The second-order valence-electron chi connectivity index (χ2n) is 5.59. The zero-order valence-electron chi connectivity index (χ0n) is 12.1. The molecule has 6 heteroatoms. The van der Waals surface area contributed by atoms with Crippen molar-refractivity contribution in [2.24, 2.45) is 5.92 Å². The van der Waals surface area contributed by atoms with Gasteiger partial charge in [-0.05, 0) is 33.9 Å². The van der Waals surface area contributed by atoms with E-state index in [-0.39, 0.29) is 11.5 Å². The van der Waals surface area contributed by atoms with Crippen LogP contribution in [-0.2, 0) is 4.79 Å². The Morgan fingerprint density at radius 1 is 1.28 bits per heavy atom. The van der Waals surface area contributed by atoms with E-state index >= 15 is 0 Å². The van der Waals surface area contributed by atoms with Gasteiger partial charge in [-0.25, -0.2) is 9.59 Å². The fraction of sp³-hybridized carbons (Fsp3) is 0.833. The van der Waals surface area contributed by atoms with Crippen molar-refractivity contribution in [3.8, 4) is 0 Å². The molecule has 0 bridgehead atoms. The summed E-state index contributed by atoms with van der Waals surface area (Å²) >= 11 is 0. The highest BCUT2D eigenvalue weighted by Crippen LogP contribution is 2.07. The highest BCUT2D eigenvalue weighted by Gasteiger charge is 2.25. The van der Waals surface area contributed by atoms with E-state index in [2.05, 4.69) is 10.6 Å². The molecule has 0 aromatic carbocycles. The molecule has 0 aliphatic heterocycles. The molecule has 0 spiro atoms. The van der Waals surface area contributed by atoms with Gasteiger partial charge >= 0.3 is 12.0 Å². The van der Waals surface area contributed by atoms with Crippen LogP contribution in [0.1, 0.15) is 27.7 Å². The van der Waals surface area contributed by atoms with Crippen LogP contribution >= 0.6 is 0 Å². The molecule has 0 fully saturated rings. The van der Waals surface area contributed by atoms with Gasteiger partial charge in [-0.1, -0.05) is 13.8 Å². The smallest absolute Gasteiger partial charge is 0.326 e. The minimum absolute atomic E-state index is 0.157. The molecule has 0 aliphatic rings. The number of carboxylic acid groups (broad SMARTS) is 1. The molecule has 0 heterocycles. The minimum Gasteiger partial charge on any atom is -0.480 e. The molecule has 0 aromatic rings. The zero-order valence-corrected chi connectivity index (χ0v) is 12.1. The van der Waals surface area contributed by atoms with Gasteiger partial charge in [0.25, 0.3) is 0 Å². The number of carboxylic acids is 1. The first-order valence-corrected chi connectivity index (χ1v) is 6.02. The maximum atomic E-state index is 11.6. The SMILES string of the molecule is CC(C)[C@@H](NC(=O)NCC(C)(C)N(C)C)C(=O)O. The molecular formula is C12H25N3O3. The molecule has 106 valence electrons. The summed E-state index contributed by atoms with van der Waals surface area (Å²) in [5.74, 6) is -1.18. The number of likely N-dealkylation sites (N-methyl/N-ethyl adjacent to an activating group) is 1. The molecule has 0 radical (unpaired) electrons.